The summed E-state index contributed by atoms with van der Waals surface area (Å²) in [6.07, 6.45) is 1.25. The van der Waals surface area contributed by atoms with E-state index < -0.39 is 4.92 Å². The summed E-state index contributed by atoms with van der Waals surface area (Å²) < 4.78 is 0. The predicted octanol–water partition coefficient (Wildman–Crippen LogP) is 1.47. The van der Waals surface area contributed by atoms with Crippen LogP contribution in [0.5, 0.6) is 0 Å². The van der Waals surface area contributed by atoms with Gasteiger partial charge in [0.2, 0.25) is 11.8 Å². The number of nitrogens with zero attached hydrogens (tertiary/aromatic N) is 1. The molecule has 118 valence electrons. The lowest BCUT2D eigenvalue weighted by Gasteiger charge is -2.15. The number of hydrogen-bond donors (Lipinski definition) is 2. The number of amides is 2. The average Bonchev–Trinajstić information content (AvgIpc) is 2.91. The highest BCUT2D eigenvalue weighted by atomic mass is 32.2. The van der Waals surface area contributed by atoms with Gasteiger partial charge in [-0.2, -0.15) is 0 Å². The molecule has 0 aliphatic carbocycles. The number of non-ortho nitro benzene ring substituents is 1. The van der Waals surface area contributed by atoms with Gasteiger partial charge in [-0.05, 0) is 25.5 Å². The molecular weight excluding hydrogens is 306 g/mol. The molecule has 0 bridgehead atoms. The van der Waals surface area contributed by atoms with Gasteiger partial charge in [0, 0.05) is 36.0 Å². The van der Waals surface area contributed by atoms with Crippen molar-refractivity contribution in [3.05, 3.63) is 34.4 Å². The molecule has 1 aliphatic heterocycles. The Morgan fingerprint density at radius 2 is 2.18 bits per heavy atom. The van der Waals surface area contributed by atoms with Crippen LogP contribution >= 0.6 is 11.8 Å². The van der Waals surface area contributed by atoms with E-state index >= 15 is 0 Å². The quantitative estimate of drug-likeness (QED) is 0.469. The Hall–Kier alpha value is -2.09. The maximum atomic E-state index is 12.0. The zero-order chi connectivity index (χ0) is 16.1. The van der Waals surface area contributed by atoms with E-state index in [0.717, 1.165) is 11.3 Å². The molecule has 2 N–H and O–H groups in total. The summed E-state index contributed by atoms with van der Waals surface area (Å²) in [5.41, 5.74) is 0.0263. The Morgan fingerprint density at radius 1 is 1.50 bits per heavy atom. The Kier molecular flexibility index (Phi) is 5.37. The molecule has 7 nitrogen and oxygen atoms in total. The van der Waals surface area contributed by atoms with Gasteiger partial charge in [0.05, 0.1) is 10.2 Å². The fraction of sp³-hybridized carbons (Fsp3) is 0.429. The zero-order valence-electron chi connectivity index (χ0n) is 12.1. The molecule has 22 heavy (non-hydrogen) atoms. The van der Waals surface area contributed by atoms with Crippen LogP contribution in [0, 0.1) is 10.1 Å². The van der Waals surface area contributed by atoms with Gasteiger partial charge in [0.15, 0.2) is 0 Å². The van der Waals surface area contributed by atoms with E-state index in [1.807, 2.05) is 0 Å². The van der Waals surface area contributed by atoms with Crippen molar-refractivity contribution in [1.82, 2.24) is 10.6 Å². The normalized spacial score (nSPS) is 18.6. The zero-order valence-corrected chi connectivity index (χ0v) is 12.9. The topological polar surface area (TPSA) is 101 Å². The van der Waals surface area contributed by atoms with Crippen molar-refractivity contribution in [3.8, 4) is 0 Å². The summed E-state index contributed by atoms with van der Waals surface area (Å²) in [6.45, 7) is 2.20. The second kappa shape index (κ2) is 7.26. The number of nitro benzene ring substituents is 1. The fourth-order valence-electron chi connectivity index (χ4n) is 2.10. The van der Waals surface area contributed by atoms with Crippen molar-refractivity contribution in [2.45, 2.75) is 36.0 Å². The molecule has 2 rings (SSSR count). The van der Waals surface area contributed by atoms with Crippen LogP contribution in [0.15, 0.2) is 29.2 Å². The van der Waals surface area contributed by atoms with E-state index in [1.54, 1.807) is 19.1 Å². The second-order valence-corrected chi connectivity index (χ2v) is 6.47. The molecule has 2 atom stereocenters. The smallest absolute Gasteiger partial charge is 0.269 e. The minimum Gasteiger partial charge on any atom is -0.353 e. The molecule has 1 heterocycles. The summed E-state index contributed by atoms with van der Waals surface area (Å²) in [7, 11) is 0. The molecule has 1 aliphatic rings. The molecule has 1 aromatic carbocycles. The first-order valence-electron chi connectivity index (χ1n) is 6.94. The van der Waals surface area contributed by atoms with Gasteiger partial charge in [-0.3, -0.25) is 19.7 Å². The van der Waals surface area contributed by atoms with Crippen molar-refractivity contribution in [1.29, 1.82) is 0 Å². The highest BCUT2D eigenvalue weighted by Gasteiger charge is 2.22. The lowest BCUT2D eigenvalue weighted by atomic mass is 10.2. The van der Waals surface area contributed by atoms with Gasteiger partial charge in [-0.25, -0.2) is 0 Å². The Bertz CT molecular complexity index is 576. The Morgan fingerprint density at radius 3 is 2.73 bits per heavy atom. The number of nitro groups is 1. The standard InChI is InChI=1S/C14H17N3O4S/c1-9(14(19)15-8-10-2-7-13(18)16-10)22-12-5-3-11(4-6-12)17(20)21/h3-6,9-10H,2,7-8H2,1H3,(H,15,19)(H,16,18). The van der Waals surface area contributed by atoms with E-state index in [2.05, 4.69) is 10.6 Å². The summed E-state index contributed by atoms with van der Waals surface area (Å²) in [6, 6.07) is 6.10. The number of benzene rings is 1. The van der Waals surface area contributed by atoms with Crippen molar-refractivity contribution >= 4 is 29.3 Å². The maximum Gasteiger partial charge on any atom is 0.269 e. The van der Waals surface area contributed by atoms with Crippen LogP contribution in [0.2, 0.25) is 0 Å². The first kappa shape index (κ1) is 16.3. The number of hydrogen-bond acceptors (Lipinski definition) is 5. The molecule has 0 spiro atoms. The third kappa shape index (κ3) is 4.45. The first-order valence-corrected chi connectivity index (χ1v) is 7.82. The molecule has 1 aromatic rings. The summed E-state index contributed by atoms with van der Waals surface area (Å²) >= 11 is 1.33. The van der Waals surface area contributed by atoms with E-state index in [9.17, 15) is 19.7 Å². The highest BCUT2D eigenvalue weighted by molar-refractivity contribution is 8.00. The van der Waals surface area contributed by atoms with Gasteiger partial charge in [-0.15, -0.1) is 11.8 Å². The van der Waals surface area contributed by atoms with Crippen LogP contribution in [0.25, 0.3) is 0 Å². The number of carbonyl (C=O) groups excluding carboxylic acids is 2. The largest absolute Gasteiger partial charge is 0.353 e. The number of rotatable bonds is 6. The van der Waals surface area contributed by atoms with Crippen LogP contribution in [0.1, 0.15) is 19.8 Å². The number of thioether (sulfide) groups is 1. The van der Waals surface area contributed by atoms with Crippen molar-refractivity contribution in [3.63, 3.8) is 0 Å². The van der Waals surface area contributed by atoms with Gasteiger partial charge >= 0.3 is 0 Å². The van der Waals surface area contributed by atoms with Crippen LogP contribution in [-0.4, -0.2) is 34.6 Å². The van der Waals surface area contributed by atoms with E-state index in [0.29, 0.717) is 13.0 Å². The second-order valence-electron chi connectivity index (χ2n) is 5.06. The minimum absolute atomic E-state index is 0.00743. The molecule has 2 amide bonds. The van der Waals surface area contributed by atoms with Crippen LogP contribution < -0.4 is 10.6 Å². The van der Waals surface area contributed by atoms with Crippen molar-refractivity contribution in [2.75, 3.05) is 6.54 Å². The Labute approximate surface area is 132 Å². The van der Waals surface area contributed by atoms with Gasteiger partial charge in [0.25, 0.3) is 5.69 Å². The van der Waals surface area contributed by atoms with Crippen LogP contribution in [-0.2, 0) is 9.59 Å². The van der Waals surface area contributed by atoms with E-state index in [4.69, 9.17) is 0 Å². The third-order valence-electron chi connectivity index (χ3n) is 3.34. The van der Waals surface area contributed by atoms with Crippen LogP contribution in [0.4, 0.5) is 5.69 Å². The first-order chi connectivity index (χ1) is 10.5. The summed E-state index contributed by atoms with van der Waals surface area (Å²) in [5, 5.41) is 15.9. The lowest BCUT2D eigenvalue weighted by molar-refractivity contribution is -0.384. The lowest BCUT2D eigenvalue weighted by Crippen LogP contribution is -2.41. The van der Waals surface area contributed by atoms with Crippen molar-refractivity contribution in [2.24, 2.45) is 0 Å². The average molecular weight is 323 g/mol. The molecule has 0 radical (unpaired) electrons. The Balaban J connectivity index is 1.80. The molecule has 0 aromatic heterocycles. The molecule has 0 saturated carbocycles. The predicted molar refractivity (Wildman–Crippen MR) is 82.6 cm³/mol. The SMILES string of the molecule is CC(Sc1ccc([N+](=O)[O-])cc1)C(=O)NCC1CCC(=O)N1. The third-order valence-corrected chi connectivity index (χ3v) is 4.45. The summed E-state index contributed by atoms with van der Waals surface area (Å²) in [5.74, 6) is -0.0999. The van der Waals surface area contributed by atoms with Gasteiger partial charge < -0.3 is 10.6 Å². The highest BCUT2D eigenvalue weighted by Crippen LogP contribution is 2.25. The molecule has 8 heteroatoms. The molecule has 2 unspecified atom stereocenters. The van der Waals surface area contributed by atoms with E-state index in [-0.39, 0.29) is 28.8 Å². The van der Waals surface area contributed by atoms with Gasteiger partial charge in [-0.1, -0.05) is 0 Å². The van der Waals surface area contributed by atoms with Crippen LogP contribution in [0.3, 0.4) is 0 Å². The van der Waals surface area contributed by atoms with Crippen molar-refractivity contribution < 1.29 is 14.5 Å². The molecule has 1 fully saturated rings. The number of nitrogens with one attached hydrogen (secondary N) is 2. The summed E-state index contributed by atoms with van der Waals surface area (Å²) in [4.78, 5) is 34.0. The van der Waals surface area contributed by atoms with Gasteiger partial charge in [0.1, 0.15) is 0 Å². The maximum absolute atomic E-state index is 12.0. The minimum atomic E-state index is -0.458. The monoisotopic (exact) mass is 323 g/mol. The number of carbonyl (C=O) groups is 2. The van der Waals surface area contributed by atoms with E-state index in [1.165, 1.54) is 23.9 Å². The fourth-order valence-corrected chi connectivity index (χ4v) is 2.99. The molecular formula is C14H17N3O4S. The molecule has 1 saturated heterocycles.